The lowest BCUT2D eigenvalue weighted by molar-refractivity contribution is 0.754. The van der Waals surface area contributed by atoms with Gasteiger partial charge in [-0.15, -0.1) is 0 Å². The summed E-state index contributed by atoms with van der Waals surface area (Å²) in [6.07, 6.45) is 10.4. The van der Waals surface area contributed by atoms with Crippen LogP contribution in [0.5, 0.6) is 0 Å². The molecule has 0 aliphatic carbocycles. The Morgan fingerprint density at radius 2 is 1.88 bits per heavy atom. The van der Waals surface area contributed by atoms with E-state index in [4.69, 9.17) is 5.73 Å². The van der Waals surface area contributed by atoms with Gasteiger partial charge in [-0.05, 0) is 38.2 Å². The van der Waals surface area contributed by atoms with E-state index in [2.05, 4.69) is 47.1 Å². The molecular weight excluding hydrogens is 310 g/mol. The molecule has 1 atom stereocenters. The number of nitrogens with one attached hydrogen (secondary N) is 1. The molecule has 0 amide bonds. The molecule has 5 nitrogen and oxygen atoms in total. The summed E-state index contributed by atoms with van der Waals surface area (Å²) in [6, 6.07) is 0. The standard InChI is InChI=1S/C20H35N5/c1-8-10-11-18(17(12-21)14-22-6)25-20(23-7)19(15(3)4)24-13-16(5)9-2/h11-14,16H,8-10,21H2,1-7H3,(H,23,25)/b17-12?,18-11+,22-14?,24-13?. The second-order valence-corrected chi connectivity index (χ2v) is 6.13. The average molecular weight is 346 g/mol. The minimum absolute atomic E-state index is 0.425. The van der Waals surface area contributed by atoms with Gasteiger partial charge < -0.3 is 11.1 Å². The first-order valence-electron chi connectivity index (χ1n) is 8.95. The molecule has 0 aliphatic heterocycles. The topological polar surface area (TPSA) is 75.1 Å². The Morgan fingerprint density at radius 1 is 1.20 bits per heavy atom. The van der Waals surface area contributed by atoms with E-state index in [1.807, 2.05) is 20.1 Å². The molecule has 0 rings (SSSR count). The Bertz CT molecular complexity index is 573. The van der Waals surface area contributed by atoms with Gasteiger partial charge in [0.1, 0.15) is 5.70 Å². The van der Waals surface area contributed by atoms with Crippen molar-refractivity contribution in [3.63, 3.8) is 0 Å². The van der Waals surface area contributed by atoms with E-state index in [1.54, 1.807) is 26.5 Å². The van der Waals surface area contributed by atoms with Gasteiger partial charge in [0.05, 0.1) is 0 Å². The van der Waals surface area contributed by atoms with E-state index in [0.29, 0.717) is 5.92 Å². The monoisotopic (exact) mass is 345 g/mol. The van der Waals surface area contributed by atoms with Crippen LogP contribution in [0, 0.1) is 5.92 Å². The Labute approximate surface area is 153 Å². The second-order valence-electron chi connectivity index (χ2n) is 6.13. The smallest absolute Gasteiger partial charge is 0.151 e. The number of hydrogen-bond donors (Lipinski definition) is 2. The molecule has 140 valence electrons. The molecule has 0 aromatic carbocycles. The van der Waals surface area contributed by atoms with Crippen molar-refractivity contribution in [3.05, 3.63) is 34.8 Å². The van der Waals surface area contributed by atoms with Crippen molar-refractivity contribution in [3.8, 4) is 0 Å². The van der Waals surface area contributed by atoms with Crippen LogP contribution in [0.3, 0.4) is 0 Å². The summed E-state index contributed by atoms with van der Waals surface area (Å²) in [5.74, 6) is 1.15. The summed E-state index contributed by atoms with van der Waals surface area (Å²) >= 11 is 0. The third kappa shape index (κ3) is 8.47. The van der Waals surface area contributed by atoms with Crippen LogP contribution in [0.2, 0.25) is 0 Å². The SMILES string of the molecule is CCC/C=C(/NC(=NC)C(N=CC(C)CC)=C(C)C)C(C=NC)=CN. The van der Waals surface area contributed by atoms with Gasteiger partial charge in [0.25, 0.3) is 0 Å². The summed E-state index contributed by atoms with van der Waals surface area (Å²) in [5.41, 5.74) is 9.47. The first-order valence-corrected chi connectivity index (χ1v) is 8.95. The highest BCUT2D eigenvalue weighted by Gasteiger charge is 2.11. The Hall–Kier alpha value is -2.17. The lowest BCUT2D eigenvalue weighted by Gasteiger charge is -2.16. The van der Waals surface area contributed by atoms with Gasteiger partial charge in [0.2, 0.25) is 0 Å². The summed E-state index contributed by atoms with van der Waals surface area (Å²) in [7, 11) is 3.49. The van der Waals surface area contributed by atoms with Crippen LogP contribution in [-0.4, -0.2) is 32.4 Å². The molecule has 1 unspecified atom stereocenters. The molecule has 0 saturated heterocycles. The summed E-state index contributed by atoms with van der Waals surface area (Å²) < 4.78 is 0. The minimum atomic E-state index is 0.425. The zero-order valence-corrected chi connectivity index (χ0v) is 16.9. The molecule has 0 saturated carbocycles. The van der Waals surface area contributed by atoms with Crippen LogP contribution in [0.15, 0.2) is 49.8 Å². The maximum absolute atomic E-state index is 5.79. The van der Waals surface area contributed by atoms with Gasteiger partial charge in [-0.3, -0.25) is 15.0 Å². The molecule has 0 bridgehead atoms. The first kappa shape index (κ1) is 22.8. The van der Waals surface area contributed by atoms with Crippen molar-refractivity contribution in [2.24, 2.45) is 26.6 Å². The van der Waals surface area contributed by atoms with E-state index in [-0.39, 0.29) is 0 Å². The number of allylic oxidation sites excluding steroid dienone is 3. The third-order valence-electron chi connectivity index (χ3n) is 3.67. The van der Waals surface area contributed by atoms with Crippen LogP contribution >= 0.6 is 0 Å². The third-order valence-corrected chi connectivity index (χ3v) is 3.67. The normalized spacial score (nSPS) is 15.1. The van der Waals surface area contributed by atoms with E-state index >= 15 is 0 Å². The predicted octanol–water partition coefficient (Wildman–Crippen LogP) is 4.24. The second kappa shape index (κ2) is 13.2. The predicted molar refractivity (Wildman–Crippen MR) is 112 cm³/mol. The summed E-state index contributed by atoms with van der Waals surface area (Å²) in [4.78, 5) is 13.2. The lowest BCUT2D eigenvalue weighted by Crippen LogP contribution is -2.27. The number of hydrogen-bond acceptors (Lipinski definition) is 4. The molecular formula is C20H35N5. The van der Waals surface area contributed by atoms with E-state index in [1.165, 1.54) is 0 Å². The quantitative estimate of drug-likeness (QED) is 0.372. The fraction of sp³-hybridized carbons (Fsp3) is 0.550. The number of amidine groups is 1. The zero-order chi connectivity index (χ0) is 19.2. The van der Waals surface area contributed by atoms with Crippen molar-refractivity contribution in [2.75, 3.05) is 14.1 Å². The van der Waals surface area contributed by atoms with Gasteiger partial charge in [-0.1, -0.05) is 33.3 Å². The molecule has 3 N–H and O–H groups in total. The molecule has 0 aliphatic rings. The zero-order valence-electron chi connectivity index (χ0n) is 16.9. The van der Waals surface area contributed by atoms with E-state index < -0.39 is 0 Å². The number of rotatable bonds is 9. The first-order chi connectivity index (χ1) is 11.9. The van der Waals surface area contributed by atoms with Crippen LogP contribution in [-0.2, 0) is 0 Å². The van der Waals surface area contributed by atoms with Gasteiger partial charge in [-0.25, -0.2) is 0 Å². The highest BCUT2D eigenvalue weighted by molar-refractivity contribution is 6.02. The van der Waals surface area contributed by atoms with Crippen molar-refractivity contribution in [2.45, 2.75) is 53.9 Å². The number of nitrogens with zero attached hydrogens (tertiary/aromatic N) is 3. The number of aliphatic imine (C=N–C) groups is 3. The molecule has 0 aromatic rings. The molecule has 25 heavy (non-hydrogen) atoms. The highest BCUT2D eigenvalue weighted by atomic mass is 15.0. The van der Waals surface area contributed by atoms with Gasteiger partial charge >= 0.3 is 0 Å². The Kier molecular flexibility index (Phi) is 12.0. The van der Waals surface area contributed by atoms with Crippen LogP contribution in [0.1, 0.15) is 53.9 Å². The van der Waals surface area contributed by atoms with Gasteiger partial charge in [0.15, 0.2) is 5.84 Å². The fourth-order valence-corrected chi connectivity index (χ4v) is 1.95. The van der Waals surface area contributed by atoms with Crippen LogP contribution in [0.4, 0.5) is 0 Å². The fourth-order valence-electron chi connectivity index (χ4n) is 1.95. The van der Waals surface area contributed by atoms with E-state index in [0.717, 1.165) is 47.6 Å². The molecule has 0 spiro atoms. The summed E-state index contributed by atoms with van der Waals surface area (Å²) in [6.45, 7) is 10.5. The van der Waals surface area contributed by atoms with Crippen molar-refractivity contribution < 1.29 is 0 Å². The van der Waals surface area contributed by atoms with Gasteiger partial charge in [0, 0.05) is 44.0 Å². The van der Waals surface area contributed by atoms with Crippen LogP contribution in [0.25, 0.3) is 0 Å². The molecule has 5 heteroatoms. The van der Waals surface area contributed by atoms with Gasteiger partial charge in [-0.2, -0.15) is 0 Å². The van der Waals surface area contributed by atoms with Crippen molar-refractivity contribution in [1.82, 2.24) is 5.32 Å². The number of nitrogens with two attached hydrogens (primary N) is 1. The maximum Gasteiger partial charge on any atom is 0.151 e. The summed E-state index contributed by atoms with van der Waals surface area (Å²) in [5, 5.41) is 3.40. The number of unbranched alkanes of at least 4 members (excludes halogenated alkanes) is 1. The van der Waals surface area contributed by atoms with Crippen LogP contribution < -0.4 is 11.1 Å². The minimum Gasteiger partial charge on any atom is -0.404 e. The maximum atomic E-state index is 5.79. The molecule has 0 heterocycles. The lowest BCUT2D eigenvalue weighted by atomic mass is 10.1. The largest absolute Gasteiger partial charge is 0.404 e. The van der Waals surface area contributed by atoms with Crippen molar-refractivity contribution in [1.29, 1.82) is 0 Å². The Morgan fingerprint density at radius 3 is 2.32 bits per heavy atom. The van der Waals surface area contributed by atoms with Crippen molar-refractivity contribution >= 4 is 18.3 Å². The Balaban J connectivity index is 5.75. The molecule has 0 aromatic heterocycles. The highest BCUT2D eigenvalue weighted by Crippen LogP contribution is 2.12. The molecule has 0 fully saturated rings. The van der Waals surface area contributed by atoms with E-state index in [9.17, 15) is 0 Å². The molecule has 0 radical (unpaired) electrons. The average Bonchev–Trinajstić information content (AvgIpc) is 2.61.